The summed E-state index contributed by atoms with van der Waals surface area (Å²) in [6.45, 7) is 3.81. The number of benzene rings is 1. The van der Waals surface area contributed by atoms with Gasteiger partial charge >= 0.3 is 0 Å². The summed E-state index contributed by atoms with van der Waals surface area (Å²) in [5.74, 6) is 1.19. The molecule has 1 fully saturated rings. The molecule has 25 heavy (non-hydrogen) atoms. The van der Waals surface area contributed by atoms with Crippen LogP contribution in [-0.2, 0) is 23.1 Å². The summed E-state index contributed by atoms with van der Waals surface area (Å²) in [7, 11) is 2.03. The van der Waals surface area contributed by atoms with E-state index < -0.39 is 0 Å². The maximum Gasteiger partial charge on any atom is 0.224 e. The molecule has 1 atom stereocenters. The Bertz CT molecular complexity index is 768. The molecule has 0 saturated carbocycles. The van der Waals surface area contributed by atoms with Crippen molar-refractivity contribution in [2.45, 2.75) is 32.6 Å². The number of carbonyl (C=O) groups is 2. The summed E-state index contributed by atoms with van der Waals surface area (Å²) in [6, 6.07) is 8.10. The normalized spacial score (nSPS) is 17.9. The highest BCUT2D eigenvalue weighted by atomic mass is 16.2. The number of likely N-dealkylation sites (tertiary alicyclic amines) is 1. The minimum atomic E-state index is -0.0756. The smallest absolute Gasteiger partial charge is 0.224 e. The zero-order valence-corrected chi connectivity index (χ0v) is 15.0. The van der Waals surface area contributed by atoms with Gasteiger partial charge in [-0.25, -0.2) is 4.98 Å². The predicted octanol–water partition coefficient (Wildman–Crippen LogP) is 1.88. The van der Waals surface area contributed by atoms with E-state index in [1.54, 1.807) is 4.90 Å². The molecule has 3 rings (SSSR count). The first-order chi connectivity index (χ1) is 12.1. The van der Waals surface area contributed by atoms with Gasteiger partial charge in [-0.1, -0.05) is 12.1 Å². The molecule has 1 aromatic heterocycles. The molecule has 0 bridgehead atoms. The molecule has 1 aliphatic rings. The van der Waals surface area contributed by atoms with Crippen LogP contribution in [0, 0.1) is 5.92 Å². The fourth-order valence-corrected chi connectivity index (χ4v) is 3.46. The SMILES string of the molecule is CCN1C[C@@H](C(=O)NCCCc2nc3ccccc3n2C)CCC1=O. The van der Waals surface area contributed by atoms with Crippen molar-refractivity contribution in [2.24, 2.45) is 13.0 Å². The standard InChI is InChI=1S/C19H26N4O2/c1-3-23-13-14(10-11-18(23)24)19(25)20-12-6-9-17-21-15-7-4-5-8-16(15)22(17)2/h4-5,7-8,14H,3,6,9-13H2,1-2H3,(H,20,25)/t14-/m0/s1. The quantitative estimate of drug-likeness (QED) is 0.815. The fourth-order valence-electron chi connectivity index (χ4n) is 3.46. The van der Waals surface area contributed by atoms with E-state index in [2.05, 4.69) is 20.9 Å². The van der Waals surface area contributed by atoms with Crippen LogP contribution in [0.2, 0.25) is 0 Å². The van der Waals surface area contributed by atoms with Gasteiger partial charge in [-0.3, -0.25) is 9.59 Å². The summed E-state index contributed by atoms with van der Waals surface area (Å²) in [4.78, 5) is 30.4. The number of hydrogen-bond acceptors (Lipinski definition) is 3. The molecule has 0 aliphatic carbocycles. The highest BCUT2D eigenvalue weighted by Gasteiger charge is 2.28. The average molecular weight is 342 g/mol. The third-order valence-corrected chi connectivity index (χ3v) is 5.01. The first-order valence-corrected chi connectivity index (χ1v) is 9.06. The number of fused-ring (bicyclic) bond motifs is 1. The Labute approximate surface area is 148 Å². The molecule has 0 unspecified atom stereocenters. The zero-order chi connectivity index (χ0) is 17.8. The summed E-state index contributed by atoms with van der Waals surface area (Å²) in [5, 5.41) is 3.02. The number of amides is 2. The van der Waals surface area contributed by atoms with Crippen LogP contribution in [0.25, 0.3) is 11.0 Å². The van der Waals surface area contributed by atoms with Crippen LogP contribution in [0.15, 0.2) is 24.3 Å². The number of piperidine rings is 1. The maximum atomic E-state index is 12.3. The molecule has 134 valence electrons. The lowest BCUT2D eigenvalue weighted by atomic mass is 9.96. The molecule has 2 heterocycles. The van der Waals surface area contributed by atoms with E-state index in [1.807, 2.05) is 32.2 Å². The number of nitrogens with one attached hydrogen (secondary N) is 1. The number of hydrogen-bond donors (Lipinski definition) is 1. The van der Waals surface area contributed by atoms with Crippen LogP contribution >= 0.6 is 0 Å². The van der Waals surface area contributed by atoms with Crippen molar-refractivity contribution in [1.29, 1.82) is 0 Å². The van der Waals surface area contributed by atoms with Gasteiger partial charge in [0.05, 0.1) is 17.0 Å². The van der Waals surface area contributed by atoms with Crippen molar-refractivity contribution < 1.29 is 9.59 Å². The van der Waals surface area contributed by atoms with Crippen molar-refractivity contribution >= 4 is 22.8 Å². The number of aryl methyl sites for hydroxylation is 2. The highest BCUT2D eigenvalue weighted by molar-refractivity contribution is 5.83. The number of carbonyl (C=O) groups excluding carboxylic acids is 2. The van der Waals surface area contributed by atoms with Crippen LogP contribution in [0.3, 0.4) is 0 Å². The highest BCUT2D eigenvalue weighted by Crippen LogP contribution is 2.18. The molecule has 1 aromatic carbocycles. The molecule has 0 radical (unpaired) electrons. The molecule has 1 saturated heterocycles. The molecule has 2 amide bonds. The van der Waals surface area contributed by atoms with Crippen molar-refractivity contribution in [3.8, 4) is 0 Å². The largest absolute Gasteiger partial charge is 0.356 e. The Hall–Kier alpha value is -2.37. The van der Waals surface area contributed by atoms with E-state index in [0.29, 0.717) is 32.5 Å². The molecule has 1 aliphatic heterocycles. The van der Waals surface area contributed by atoms with Crippen LogP contribution in [0.4, 0.5) is 0 Å². The lowest BCUT2D eigenvalue weighted by molar-refractivity contribution is -0.138. The second kappa shape index (κ2) is 7.68. The van der Waals surface area contributed by atoms with Gasteiger partial charge in [0.15, 0.2) is 0 Å². The number of rotatable bonds is 6. The van der Waals surface area contributed by atoms with Crippen LogP contribution in [0.1, 0.15) is 32.0 Å². The van der Waals surface area contributed by atoms with Gasteiger partial charge in [0, 0.05) is 39.5 Å². The Kier molecular flexibility index (Phi) is 5.36. The second-order valence-corrected chi connectivity index (χ2v) is 6.64. The zero-order valence-electron chi connectivity index (χ0n) is 15.0. The third kappa shape index (κ3) is 3.83. The van der Waals surface area contributed by atoms with Crippen LogP contribution in [0.5, 0.6) is 0 Å². The number of para-hydroxylation sites is 2. The minimum absolute atomic E-state index is 0.0657. The van der Waals surface area contributed by atoms with E-state index >= 15 is 0 Å². The van der Waals surface area contributed by atoms with Crippen molar-refractivity contribution in [1.82, 2.24) is 19.8 Å². The summed E-state index contributed by atoms with van der Waals surface area (Å²) in [5.41, 5.74) is 2.14. The molecule has 6 heteroatoms. The maximum absolute atomic E-state index is 12.3. The lowest BCUT2D eigenvalue weighted by Gasteiger charge is -2.31. The van der Waals surface area contributed by atoms with E-state index in [-0.39, 0.29) is 17.7 Å². The van der Waals surface area contributed by atoms with Crippen LogP contribution < -0.4 is 5.32 Å². The Morgan fingerprint density at radius 2 is 2.16 bits per heavy atom. The van der Waals surface area contributed by atoms with Crippen LogP contribution in [-0.4, -0.2) is 45.9 Å². The van der Waals surface area contributed by atoms with Gasteiger partial charge < -0.3 is 14.8 Å². The number of nitrogens with zero attached hydrogens (tertiary/aromatic N) is 3. The Morgan fingerprint density at radius 1 is 1.36 bits per heavy atom. The Balaban J connectivity index is 1.47. The first kappa shape index (κ1) is 17.5. The third-order valence-electron chi connectivity index (χ3n) is 5.01. The molecule has 2 aromatic rings. The van der Waals surface area contributed by atoms with Gasteiger partial charge in [0.2, 0.25) is 11.8 Å². The number of aromatic nitrogens is 2. The van der Waals surface area contributed by atoms with Crippen molar-refractivity contribution in [3.05, 3.63) is 30.1 Å². The van der Waals surface area contributed by atoms with Crippen molar-refractivity contribution in [3.63, 3.8) is 0 Å². The summed E-state index contributed by atoms with van der Waals surface area (Å²) < 4.78 is 2.11. The monoisotopic (exact) mass is 342 g/mol. The Morgan fingerprint density at radius 3 is 2.92 bits per heavy atom. The second-order valence-electron chi connectivity index (χ2n) is 6.64. The molecule has 6 nitrogen and oxygen atoms in total. The first-order valence-electron chi connectivity index (χ1n) is 9.06. The topological polar surface area (TPSA) is 67.2 Å². The molecule has 1 N–H and O–H groups in total. The average Bonchev–Trinajstić information content (AvgIpc) is 2.95. The van der Waals surface area contributed by atoms with E-state index in [9.17, 15) is 9.59 Å². The van der Waals surface area contributed by atoms with Gasteiger partial charge in [-0.2, -0.15) is 0 Å². The van der Waals surface area contributed by atoms with E-state index in [0.717, 1.165) is 29.7 Å². The molecular weight excluding hydrogens is 316 g/mol. The molecular formula is C19H26N4O2. The predicted molar refractivity (Wildman–Crippen MR) is 97.0 cm³/mol. The fraction of sp³-hybridized carbons (Fsp3) is 0.526. The van der Waals surface area contributed by atoms with Gasteiger partial charge in [-0.15, -0.1) is 0 Å². The van der Waals surface area contributed by atoms with E-state index in [4.69, 9.17) is 0 Å². The van der Waals surface area contributed by atoms with Crippen molar-refractivity contribution in [2.75, 3.05) is 19.6 Å². The summed E-state index contributed by atoms with van der Waals surface area (Å²) >= 11 is 0. The van der Waals surface area contributed by atoms with Gasteiger partial charge in [0.1, 0.15) is 5.82 Å². The van der Waals surface area contributed by atoms with Gasteiger partial charge in [-0.05, 0) is 31.9 Å². The summed E-state index contributed by atoms with van der Waals surface area (Å²) in [6.07, 6.45) is 2.82. The van der Waals surface area contributed by atoms with E-state index in [1.165, 1.54) is 0 Å². The van der Waals surface area contributed by atoms with Gasteiger partial charge in [0.25, 0.3) is 0 Å². The minimum Gasteiger partial charge on any atom is -0.356 e. The lowest BCUT2D eigenvalue weighted by Crippen LogP contribution is -2.45. The molecule has 0 spiro atoms. The number of imidazole rings is 1.